The van der Waals surface area contributed by atoms with E-state index in [1.54, 1.807) is 12.1 Å². The van der Waals surface area contributed by atoms with Gasteiger partial charge in [-0.2, -0.15) is 0 Å². The summed E-state index contributed by atoms with van der Waals surface area (Å²) < 4.78 is 21.5. The second kappa shape index (κ2) is 12.8. The van der Waals surface area contributed by atoms with Crippen molar-refractivity contribution in [2.75, 3.05) is 46.2 Å². The monoisotopic (exact) mass is 338 g/mol. The molecule has 0 atom stereocenters. The molecule has 0 aliphatic carbocycles. The van der Waals surface area contributed by atoms with Crippen molar-refractivity contribution >= 4 is 0 Å². The van der Waals surface area contributed by atoms with Crippen LogP contribution in [0.25, 0.3) is 0 Å². The van der Waals surface area contributed by atoms with Crippen molar-refractivity contribution in [3.05, 3.63) is 28.8 Å². The number of aliphatic hydroxyl groups is 2. The van der Waals surface area contributed by atoms with Crippen LogP contribution in [0.5, 0.6) is 5.75 Å². The van der Waals surface area contributed by atoms with Gasteiger partial charge in [-0.15, -0.1) is 6.42 Å². The van der Waals surface area contributed by atoms with Gasteiger partial charge in [0.2, 0.25) is 0 Å². The summed E-state index contributed by atoms with van der Waals surface area (Å²) in [4.78, 5) is 0. The standard InChI is InChI=1S/C18H26O6/c1-3-15-11-16(13-19)18(17(12-15)14-20)24-10-9-23-8-7-22-6-5-21-4-2/h1,11-12,19-20H,4-10,13-14H2,2H3. The van der Waals surface area contributed by atoms with E-state index in [1.807, 2.05) is 6.92 Å². The molecule has 0 spiro atoms. The van der Waals surface area contributed by atoms with Gasteiger partial charge in [-0.05, 0) is 19.1 Å². The third kappa shape index (κ3) is 7.30. The first-order chi connectivity index (χ1) is 11.8. The highest BCUT2D eigenvalue weighted by Gasteiger charge is 2.11. The Morgan fingerprint density at radius 3 is 1.83 bits per heavy atom. The number of ether oxygens (including phenoxy) is 4. The Morgan fingerprint density at radius 2 is 1.38 bits per heavy atom. The van der Waals surface area contributed by atoms with E-state index < -0.39 is 0 Å². The molecule has 0 fully saturated rings. The first kappa shape index (κ1) is 20.4. The molecule has 0 radical (unpaired) electrons. The van der Waals surface area contributed by atoms with Gasteiger partial charge in [0.1, 0.15) is 12.4 Å². The number of terminal acetylenes is 1. The lowest BCUT2D eigenvalue weighted by Gasteiger charge is -2.15. The van der Waals surface area contributed by atoms with Gasteiger partial charge in [0.25, 0.3) is 0 Å². The predicted molar refractivity (Wildman–Crippen MR) is 89.8 cm³/mol. The lowest BCUT2D eigenvalue weighted by atomic mass is 10.0. The maximum atomic E-state index is 9.43. The van der Waals surface area contributed by atoms with Crippen LogP contribution in [0.4, 0.5) is 0 Å². The van der Waals surface area contributed by atoms with Gasteiger partial charge in [0.05, 0.1) is 46.2 Å². The fraction of sp³-hybridized carbons (Fsp3) is 0.556. The molecular weight excluding hydrogens is 312 g/mol. The second-order valence-corrected chi connectivity index (χ2v) is 4.85. The van der Waals surface area contributed by atoms with E-state index in [4.69, 9.17) is 25.4 Å². The summed E-state index contributed by atoms with van der Waals surface area (Å²) in [6.07, 6.45) is 5.36. The van der Waals surface area contributed by atoms with Crippen molar-refractivity contribution in [3.63, 3.8) is 0 Å². The van der Waals surface area contributed by atoms with Crippen LogP contribution in [0.2, 0.25) is 0 Å². The quantitative estimate of drug-likeness (QED) is 0.414. The third-order valence-electron chi connectivity index (χ3n) is 3.17. The minimum absolute atomic E-state index is 0.216. The number of aliphatic hydroxyl groups excluding tert-OH is 2. The zero-order chi connectivity index (χ0) is 17.6. The molecule has 0 amide bonds. The van der Waals surface area contributed by atoms with Crippen LogP contribution < -0.4 is 4.74 Å². The molecule has 24 heavy (non-hydrogen) atoms. The van der Waals surface area contributed by atoms with Crippen molar-refractivity contribution < 1.29 is 29.2 Å². The molecule has 0 aromatic heterocycles. The molecule has 0 aliphatic heterocycles. The maximum Gasteiger partial charge on any atom is 0.130 e. The molecule has 0 saturated heterocycles. The summed E-state index contributed by atoms with van der Waals surface area (Å²) >= 11 is 0. The van der Waals surface area contributed by atoms with Gasteiger partial charge in [0, 0.05) is 23.3 Å². The lowest BCUT2D eigenvalue weighted by molar-refractivity contribution is 0.0112. The first-order valence-electron chi connectivity index (χ1n) is 7.96. The van der Waals surface area contributed by atoms with Gasteiger partial charge < -0.3 is 29.2 Å². The highest BCUT2D eigenvalue weighted by molar-refractivity contribution is 5.48. The van der Waals surface area contributed by atoms with E-state index in [2.05, 4.69) is 5.92 Å². The smallest absolute Gasteiger partial charge is 0.130 e. The molecule has 0 heterocycles. The minimum atomic E-state index is -0.216. The van der Waals surface area contributed by atoms with Gasteiger partial charge >= 0.3 is 0 Å². The first-order valence-corrected chi connectivity index (χ1v) is 7.96. The average Bonchev–Trinajstić information content (AvgIpc) is 2.62. The summed E-state index contributed by atoms with van der Waals surface area (Å²) in [7, 11) is 0. The van der Waals surface area contributed by atoms with Crippen LogP contribution in [-0.2, 0) is 27.4 Å². The molecule has 0 unspecified atom stereocenters. The zero-order valence-electron chi connectivity index (χ0n) is 14.1. The largest absolute Gasteiger partial charge is 0.490 e. The Morgan fingerprint density at radius 1 is 0.875 bits per heavy atom. The fourth-order valence-electron chi connectivity index (χ4n) is 2.04. The summed E-state index contributed by atoms with van der Waals surface area (Å²) in [5.41, 5.74) is 1.69. The summed E-state index contributed by atoms with van der Waals surface area (Å²) in [6.45, 7) is 4.96. The van der Waals surface area contributed by atoms with Crippen LogP contribution in [0.1, 0.15) is 23.6 Å². The fourth-order valence-corrected chi connectivity index (χ4v) is 2.04. The molecule has 1 aromatic rings. The number of rotatable bonds is 13. The summed E-state index contributed by atoms with van der Waals surface area (Å²) in [5.74, 6) is 2.94. The molecule has 2 N–H and O–H groups in total. The molecule has 6 heteroatoms. The number of hydrogen-bond acceptors (Lipinski definition) is 6. The highest BCUT2D eigenvalue weighted by Crippen LogP contribution is 2.26. The van der Waals surface area contributed by atoms with E-state index in [-0.39, 0.29) is 13.2 Å². The summed E-state index contributed by atoms with van der Waals surface area (Å²) in [5, 5.41) is 18.9. The Balaban J connectivity index is 2.31. The SMILES string of the molecule is C#Cc1cc(CO)c(OCCOCCOCCOCC)c(CO)c1. The van der Waals surface area contributed by atoms with E-state index in [0.29, 0.717) is 68.7 Å². The van der Waals surface area contributed by atoms with Gasteiger partial charge in [-0.25, -0.2) is 0 Å². The Kier molecular flexibility index (Phi) is 10.9. The topological polar surface area (TPSA) is 77.4 Å². The molecule has 1 aromatic carbocycles. The third-order valence-corrected chi connectivity index (χ3v) is 3.17. The molecule has 1 rings (SSSR count). The maximum absolute atomic E-state index is 9.43. The van der Waals surface area contributed by atoms with Crippen LogP contribution in [0.3, 0.4) is 0 Å². The minimum Gasteiger partial charge on any atom is -0.490 e. The van der Waals surface area contributed by atoms with E-state index in [0.717, 1.165) is 0 Å². The zero-order valence-corrected chi connectivity index (χ0v) is 14.1. The number of benzene rings is 1. The number of hydrogen-bond donors (Lipinski definition) is 2. The normalized spacial score (nSPS) is 10.6. The van der Waals surface area contributed by atoms with Crippen molar-refractivity contribution in [2.24, 2.45) is 0 Å². The van der Waals surface area contributed by atoms with E-state index in [9.17, 15) is 10.2 Å². The Hall–Kier alpha value is -1.62. The van der Waals surface area contributed by atoms with E-state index in [1.165, 1.54) is 0 Å². The van der Waals surface area contributed by atoms with E-state index >= 15 is 0 Å². The highest BCUT2D eigenvalue weighted by atomic mass is 16.6. The molecule has 0 bridgehead atoms. The van der Waals surface area contributed by atoms with Crippen molar-refractivity contribution in [3.8, 4) is 18.1 Å². The Labute approximate surface area is 143 Å². The second-order valence-electron chi connectivity index (χ2n) is 4.85. The predicted octanol–water partition coefficient (Wildman–Crippen LogP) is 1.10. The van der Waals surface area contributed by atoms with Crippen molar-refractivity contribution in [1.82, 2.24) is 0 Å². The van der Waals surface area contributed by atoms with Gasteiger partial charge in [0.15, 0.2) is 0 Å². The molecular formula is C18H26O6. The molecule has 6 nitrogen and oxygen atoms in total. The van der Waals surface area contributed by atoms with Crippen molar-refractivity contribution in [2.45, 2.75) is 20.1 Å². The van der Waals surface area contributed by atoms with Crippen LogP contribution >= 0.6 is 0 Å². The van der Waals surface area contributed by atoms with Crippen molar-refractivity contribution in [1.29, 1.82) is 0 Å². The van der Waals surface area contributed by atoms with Crippen LogP contribution in [0.15, 0.2) is 12.1 Å². The lowest BCUT2D eigenvalue weighted by Crippen LogP contribution is -2.13. The molecule has 0 aliphatic rings. The van der Waals surface area contributed by atoms with Gasteiger partial charge in [-0.3, -0.25) is 0 Å². The van der Waals surface area contributed by atoms with Crippen LogP contribution in [0, 0.1) is 12.3 Å². The molecule has 0 saturated carbocycles. The average molecular weight is 338 g/mol. The Bertz CT molecular complexity index is 484. The summed E-state index contributed by atoms with van der Waals surface area (Å²) in [6, 6.07) is 3.34. The van der Waals surface area contributed by atoms with Crippen LogP contribution in [-0.4, -0.2) is 56.5 Å². The molecule has 134 valence electrons. The van der Waals surface area contributed by atoms with Gasteiger partial charge in [-0.1, -0.05) is 5.92 Å².